The number of rotatable bonds is 11. The van der Waals surface area contributed by atoms with Gasteiger partial charge in [0, 0.05) is 68.8 Å². The molecule has 0 N–H and O–H groups in total. The van der Waals surface area contributed by atoms with Gasteiger partial charge in [-0.2, -0.15) is 0 Å². The molecule has 4 heterocycles. The molecule has 0 radical (unpaired) electrons. The summed E-state index contributed by atoms with van der Waals surface area (Å²) in [5.74, 6) is 0. The molecular formula is C62H44N6. The smallest absolute Gasteiger partial charge is 0.137 e. The van der Waals surface area contributed by atoms with Crippen molar-refractivity contribution in [2.45, 2.75) is 0 Å². The summed E-state index contributed by atoms with van der Waals surface area (Å²) in [7, 11) is 0. The normalized spacial score (nSPS) is 12.3. The first-order valence-electron chi connectivity index (χ1n) is 25.0. The summed E-state index contributed by atoms with van der Waals surface area (Å²) in [5, 5.41) is 0. The second kappa shape index (κ2) is 17.6. The Hall–Kier alpha value is -9.26. The number of fused-ring (bicyclic) bond motifs is 2. The van der Waals surface area contributed by atoms with Gasteiger partial charge in [0.25, 0.3) is 0 Å². The predicted octanol–water partition coefficient (Wildman–Crippen LogP) is 16.3. The average Bonchev–Trinajstić information content (AvgIpc) is 4.04. The number of aromatic nitrogens is 4. The molecule has 0 bridgehead atoms. The van der Waals surface area contributed by atoms with E-state index in [1.165, 1.54) is 0 Å². The van der Waals surface area contributed by atoms with Gasteiger partial charge in [0.1, 0.15) is 11.3 Å². The molecule has 6 nitrogen and oxygen atoms in total. The van der Waals surface area contributed by atoms with E-state index in [1.807, 2.05) is 146 Å². The van der Waals surface area contributed by atoms with Crippen LogP contribution in [0.15, 0.2) is 267 Å². The molecule has 0 aliphatic rings. The van der Waals surface area contributed by atoms with E-state index in [1.54, 1.807) is 4.90 Å². The van der Waals surface area contributed by atoms with Gasteiger partial charge in [-0.15, -0.1) is 0 Å². The molecule has 68 heavy (non-hydrogen) atoms. The Kier molecular flexibility index (Phi) is 9.08. The summed E-state index contributed by atoms with van der Waals surface area (Å²) in [6, 6.07) is 73.6. The van der Waals surface area contributed by atoms with Gasteiger partial charge in [0.15, 0.2) is 0 Å². The highest BCUT2D eigenvalue weighted by atomic mass is 15.1. The molecule has 0 saturated heterocycles. The lowest BCUT2D eigenvalue weighted by atomic mass is 10.0. The predicted molar refractivity (Wildman–Crippen MR) is 280 cm³/mol. The minimum atomic E-state index is -0.447. The Morgan fingerprint density at radius 3 is 1.10 bits per heavy atom. The third-order valence-corrected chi connectivity index (χ3v) is 12.3. The van der Waals surface area contributed by atoms with E-state index in [-0.39, 0.29) is 17.8 Å². The third kappa shape index (κ3) is 7.56. The van der Waals surface area contributed by atoms with Crippen molar-refractivity contribution in [3.63, 3.8) is 0 Å². The number of nitrogens with zero attached hydrogens (tertiary/aromatic N) is 6. The summed E-state index contributed by atoms with van der Waals surface area (Å²) in [6.45, 7) is 0. The monoisotopic (exact) mass is 877 g/mol. The van der Waals surface area contributed by atoms with Crippen molar-refractivity contribution in [2.75, 3.05) is 9.80 Å². The van der Waals surface area contributed by atoms with Crippen LogP contribution < -0.4 is 9.80 Å². The van der Waals surface area contributed by atoms with E-state index in [9.17, 15) is 0 Å². The van der Waals surface area contributed by atoms with Crippen molar-refractivity contribution >= 4 is 45.4 Å². The van der Waals surface area contributed by atoms with E-state index in [4.69, 9.17) is 16.8 Å². The zero-order chi connectivity index (χ0) is 49.6. The van der Waals surface area contributed by atoms with Gasteiger partial charge in [0.2, 0.25) is 0 Å². The van der Waals surface area contributed by atoms with Crippen molar-refractivity contribution in [3.8, 4) is 56.2 Å². The maximum absolute atomic E-state index is 9.06. The van der Waals surface area contributed by atoms with Crippen molar-refractivity contribution in [1.29, 1.82) is 0 Å². The zero-order valence-corrected chi connectivity index (χ0v) is 36.7. The highest BCUT2D eigenvalue weighted by molar-refractivity contribution is 5.87. The van der Waals surface area contributed by atoms with Crippen LogP contribution in [0.2, 0.25) is 0 Å². The fourth-order valence-corrected chi connectivity index (χ4v) is 9.07. The fraction of sp³-hybridized carbons (Fsp3) is 0. The van der Waals surface area contributed by atoms with Gasteiger partial charge in [-0.25, -0.2) is 9.97 Å². The maximum atomic E-state index is 9.06. The van der Waals surface area contributed by atoms with Crippen LogP contribution in [0.3, 0.4) is 0 Å². The van der Waals surface area contributed by atoms with Gasteiger partial charge in [-0.3, -0.25) is 8.80 Å². The second-order valence-corrected chi connectivity index (χ2v) is 16.4. The van der Waals surface area contributed by atoms with Crippen LogP contribution in [0, 0.1) is 0 Å². The standard InChI is InChI=1S/C62H44N6/c1-5-17-47(18-6-1)59-62(66-44-16-14-25-57(66)63-59)50-33-41-56(42-34-50)68(52-23-11-4-12-24-52)54-37-29-46(30-38-54)45-27-35-53(36-28-45)67(51-21-9-3-10-22-51)55-39-31-48(32-40-55)60-61(49-19-7-2-8-20-49)65-43-15-13-26-58(65)64-60/h1-44H/i3D,9D,10D,21D,22D. The Bertz CT molecular complexity index is 3910. The molecule has 0 aliphatic heterocycles. The quantitative estimate of drug-likeness (QED) is 0.130. The molecule has 8 aromatic carbocycles. The average molecular weight is 878 g/mol. The number of pyridine rings is 2. The molecule has 322 valence electrons. The lowest BCUT2D eigenvalue weighted by molar-refractivity contribution is 1.19. The molecular weight excluding hydrogens is 829 g/mol. The summed E-state index contributed by atoms with van der Waals surface area (Å²) in [6.07, 6.45) is 4.07. The van der Waals surface area contributed by atoms with E-state index in [2.05, 4.69) is 105 Å². The summed E-state index contributed by atoms with van der Waals surface area (Å²) in [4.78, 5) is 14.1. The molecule has 4 aromatic heterocycles. The van der Waals surface area contributed by atoms with E-state index in [0.717, 1.165) is 84.5 Å². The van der Waals surface area contributed by atoms with Crippen LogP contribution in [0.25, 0.3) is 67.5 Å². The van der Waals surface area contributed by atoms with Gasteiger partial charge in [-0.1, -0.05) is 158 Å². The summed E-state index contributed by atoms with van der Waals surface area (Å²) >= 11 is 0. The van der Waals surface area contributed by atoms with Crippen molar-refractivity contribution in [2.24, 2.45) is 0 Å². The Morgan fingerprint density at radius 2 is 0.632 bits per heavy atom. The lowest BCUT2D eigenvalue weighted by Gasteiger charge is -2.26. The Morgan fingerprint density at radius 1 is 0.294 bits per heavy atom. The van der Waals surface area contributed by atoms with Crippen molar-refractivity contribution in [3.05, 3.63) is 267 Å². The topological polar surface area (TPSA) is 41.1 Å². The van der Waals surface area contributed by atoms with Crippen LogP contribution in [0.5, 0.6) is 0 Å². The maximum Gasteiger partial charge on any atom is 0.137 e. The number of hydrogen-bond acceptors (Lipinski definition) is 4. The number of benzene rings is 8. The second-order valence-electron chi connectivity index (χ2n) is 16.4. The van der Waals surface area contributed by atoms with Crippen LogP contribution >= 0.6 is 0 Å². The van der Waals surface area contributed by atoms with Crippen LogP contribution in [0.4, 0.5) is 34.1 Å². The lowest BCUT2D eigenvalue weighted by Crippen LogP contribution is -2.10. The fourth-order valence-electron chi connectivity index (χ4n) is 9.07. The molecule has 0 saturated carbocycles. The number of imidazole rings is 2. The van der Waals surface area contributed by atoms with Gasteiger partial charge >= 0.3 is 0 Å². The van der Waals surface area contributed by atoms with Crippen molar-refractivity contribution < 1.29 is 6.85 Å². The zero-order valence-electron chi connectivity index (χ0n) is 41.7. The first kappa shape index (κ1) is 35.1. The third-order valence-electron chi connectivity index (χ3n) is 12.3. The Labute approximate surface area is 402 Å². The summed E-state index contributed by atoms with van der Waals surface area (Å²) in [5.41, 5.74) is 15.6. The Balaban J connectivity index is 0.880. The van der Waals surface area contributed by atoms with Gasteiger partial charge in [0.05, 0.1) is 29.6 Å². The van der Waals surface area contributed by atoms with Crippen molar-refractivity contribution in [1.82, 2.24) is 18.8 Å². The highest BCUT2D eigenvalue weighted by Crippen LogP contribution is 2.41. The largest absolute Gasteiger partial charge is 0.311 e. The molecule has 0 spiro atoms. The minimum absolute atomic E-state index is 0.0535. The van der Waals surface area contributed by atoms with E-state index in [0.29, 0.717) is 11.4 Å². The number of hydrogen-bond donors (Lipinski definition) is 0. The highest BCUT2D eigenvalue weighted by Gasteiger charge is 2.20. The minimum Gasteiger partial charge on any atom is -0.311 e. The van der Waals surface area contributed by atoms with Gasteiger partial charge < -0.3 is 9.80 Å². The van der Waals surface area contributed by atoms with E-state index < -0.39 is 18.1 Å². The van der Waals surface area contributed by atoms with E-state index >= 15 is 0 Å². The molecule has 0 atom stereocenters. The molecule has 0 aliphatic carbocycles. The first-order chi connectivity index (χ1) is 35.8. The van der Waals surface area contributed by atoms with Gasteiger partial charge in [-0.05, 0) is 108 Å². The molecule has 0 amide bonds. The SMILES string of the molecule is [2H]c1c([2H])c([2H])c(N(c2ccc(-c3ccc(N(c4ccccc4)c4ccc(-c5c(-c6ccccc6)nc6ccccn56)cc4)cc3)cc2)c2ccc(-c3nc4ccccn4c3-c3ccccc3)cc2)c([2H])c1[2H]. The van der Waals surface area contributed by atoms with Crippen LogP contribution in [-0.4, -0.2) is 18.8 Å². The first-order valence-corrected chi connectivity index (χ1v) is 22.5. The molecule has 12 aromatic rings. The molecule has 0 fully saturated rings. The van der Waals surface area contributed by atoms with Crippen LogP contribution in [0.1, 0.15) is 6.85 Å². The number of para-hydroxylation sites is 2. The number of anilines is 6. The molecule has 12 rings (SSSR count). The molecule has 0 unspecified atom stereocenters. The van der Waals surface area contributed by atoms with Crippen LogP contribution in [-0.2, 0) is 0 Å². The summed E-state index contributed by atoms with van der Waals surface area (Å²) < 4.78 is 47.9. The molecule has 6 heteroatoms.